The number of pyridine rings is 1. The molecule has 33 heavy (non-hydrogen) atoms. The van der Waals surface area contributed by atoms with Gasteiger partial charge in [-0.1, -0.05) is 11.6 Å². The second-order valence-corrected chi connectivity index (χ2v) is 8.27. The molecule has 12 heteroatoms. The number of alkyl carbamates (subject to hydrolysis) is 1. The van der Waals surface area contributed by atoms with E-state index in [1.807, 2.05) is 0 Å². The predicted molar refractivity (Wildman–Crippen MR) is 118 cm³/mol. The number of ether oxygens (including phenoxy) is 3. The summed E-state index contributed by atoms with van der Waals surface area (Å²) in [6, 6.07) is 9.25. The van der Waals surface area contributed by atoms with Gasteiger partial charge in [0.2, 0.25) is 11.7 Å². The summed E-state index contributed by atoms with van der Waals surface area (Å²) in [5.74, 6) is 0.625. The van der Waals surface area contributed by atoms with E-state index in [9.17, 15) is 9.59 Å². The van der Waals surface area contributed by atoms with Crippen LogP contribution in [0.4, 0.5) is 4.79 Å². The smallest absolute Gasteiger partial charge is 0.408 e. The standard InChI is InChI=1S/C21H23ClN6O5/c1-21(2,3)33-20(30)24-16(19(29)31-4)12-28-26-18(25-27-28)13-5-8-15(9-6-13)32-17-10-7-14(22)11-23-17/h5-11,16H,12H2,1-4H3,(H,24,30). The monoisotopic (exact) mass is 474 g/mol. The van der Waals surface area contributed by atoms with E-state index in [-0.39, 0.29) is 6.54 Å². The number of nitrogens with one attached hydrogen (secondary N) is 1. The fraction of sp³-hybridized carbons (Fsp3) is 0.333. The van der Waals surface area contributed by atoms with Gasteiger partial charge < -0.3 is 19.5 Å². The maximum absolute atomic E-state index is 12.1. The fourth-order valence-corrected chi connectivity index (χ4v) is 2.70. The van der Waals surface area contributed by atoms with Gasteiger partial charge in [0, 0.05) is 17.8 Å². The number of nitrogens with zero attached hydrogens (tertiary/aromatic N) is 5. The maximum Gasteiger partial charge on any atom is 0.408 e. The van der Waals surface area contributed by atoms with Crippen LogP contribution in [0.3, 0.4) is 0 Å². The molecule has 0 saturated heterocycles. The molecule has 1 unspecified atom stereocenters. The van der Waals surface area contributed by atoms with E-state index in [0.29, 0.717) is 28.0 Å². The second-order valence-electron chi connectivity index (χ2n) is 7.83. The Morgan fingerprint density at radius 3 is 2.48 bits per heavy atom. The molecule has 0 bridgehead atoms. The average molecular weight is 475 g/mol. The van der Waals surface area contributed by atoms with Crippen LogP contribution in [0.15, 0.2) is 42.6 Å². The van der Waals surface area contributed by atoms with E-state index in [1.165, 1.54) is 18.1 Å². The molecule has 1 atom stereocenters. The summed E-state index contributed by atoms with van der Waals surface area (Å²) in [6.07, 6.45) is 0.733. The van der Waals surface area contributed by atoms with Crippen LogP contribution >= 0.6 is 11.6 Å². The van der Waals surface area contributed by atoms with Crippen molar-refractivity contribution in [3.05, 3.63) is 47.6 Å². The third kappa shape index (κ3) is 7.14. The molecule has 0 saturated carbocycles. The zero-order valence-corrected chi connectivity index (χ0v) is 19.2. The zero-order valence-electron chi connectivity index (χ0n) is 18.5. The van der Waals surface area contributed by atoms with E-state index < -0.39 is 23.7 Å². The van der Waals surface area contributed by atoms with Crippen LogP contribution in [0.5, 0.6) is 11.6 Å². The first-order valence-electron chi connectivity index (χ1n) is 9.88. The molecule has 2 heterocycles. The summed E-state index contributed by atoms with van der Waals surface area (Å²) in [6.45, 7) is 5.05. The molecule has 1 aromatic carbocycles. The highest BCUT2D eigenvalue weighted by molar-refractivity contribution is 6.30. The van der Waals surface area contributed by atoms with Gasteiger partial charge in [-0.05, 0) is 56.3 Å². The lowest BCUT2D eigenvalue weighted by Gasteiger charge is -2.22. The highest BCUT2D eigenvalue weighted by Gasteiger charge is 2.26. The van der Waals surface area contributed by atoms with Crippen molar-refractivity contribution >= 4 is 23.7 Å². The highest BCUT2D eigenvalue weighted by atomic mass is 35.5. The van der Waals surface area contributed by atoms with Crippen LogP contribution in [-0.4, -0.2) is 56.0 Å². The predicted octanol–water partition coefficient (Wildman–Crippen LogP) is 3.25. The highest BCUT2D eigenvalue weighted by Crippen LogP contribution is 2.23. The van der Waals surface area contributed by atoms with Gasteiger partial charge >= 0.3 is 12.1 Å². The minimum Gasteiger partial charge on any atom is -0.467 e. The number of halogens is 1. The Morgan fingerprint density at radius 2 is 1.88 bits per heavy atom. The Morgan fingerprint density at radius 1 is 1.15 bits per heavy atom. The van der Waals surface area contributed by atoms with Gasteiger partial charge in [-0.15, -0.1) is 10.2 Å². The molecule has 11 nitrogen and oxygen atoms in total. The van der Waals surface area contributed by atoms with Gasteiger partial charge in [-0.25, -0.2) is 14.6 Å². The molecule has 0 aliphatic heterocycles. The van der Waals surface area contributed by atoms with Crippen molar-refractivity contribution in [2.45, 2.75) is 39.0 Å². The molecule has 174 valence electrons. The van der Waals surface area contributed by atoms with Crippen LogP contribution < -0.4 is 10.1 Å². The zero-order chi connectivity index (χ0) is 24.0. The number of methoxy groups -OCH3 is 1. The van der Waals surface area contributed by atoms with Gasteiger partial charge in [0.25, 0.3) is 0 Å². The number of carbonyl (C=O) groups is 2. The summed E-state index contributed by atoms with van der Waals surface area (Å²) < 4.78 is 15.6. The first kappa shape index (κ1) is 23.9. The van der Waals surface area contributed by atoms with Crippen molar-refractivity contribution in [2.75, 3.05) is 7.11 Å². The third-order valence-corrected chi connectivity index (χ3v) is 4.23. The molecule has 3 rings (SSSR count). The number of amides is 1. The Balaban J connectivity index is 1.66. The molecule has 2 aromatic heterocycles. The van der Waals surface area contributed by atoms with E-state index >= 15 is 0 Å². The first-order chi connectivity index (χ1) is 15.6. The molecule has 1 amide bonds. The van der Waals surface area contributed by atoms with E-state index in [1.54, 1.807) is 57.2 Å². The Kier molecular flexibility index (Phi) is 7.44. The lowest BCUT2D eigenvalue weighted by molar-refractivity contribution is -0.143. The van der Waals surface area contributed by atoms with Crippen LogP contribution in [0.25, 0.3) is 11.4 Å². The van der Waals surface area contributed by atoms with Crippen molar-refractivity contribution in [3.8, 4) is 23.0 Å². The van der Waals surface area contributed by atoms with Crippen molar-refractivity contribution in [1.82, 2.24) is 30.5 Å². The number of tetrazole rings is 1. The number of esters is 1. The number of hydrogen-bond donors (Lipinski definition) is 1. The number of rotatable bonds is 7. The lowest BCUT2D eigenvalue weighted by atomic mass is 10.2. The molecule has 0 spiro atoms. The van der Waals surface area contributed by atoms with Gasteiger partial charge in [0.15, 0.2) is 6.04 Å². The van der Waals surface area contributed by atoms with Crippen molar-refractivity contribution in [2.24, 2.45) is 0 Å². The summed E-state index contributed by atoms with van der Waals surface area (Å²) >= 11 is 5.82. The number of aromatic nitrogens is 5. The van der Waals surface area contributed by atoms with Crippen molar-refractivity contribution in [3.63, 3.8) is 0 Å². The second kappa shape index (κ2) is 10.3. The quantitative estimate of drug-likeness (QED) is 0.512. The van der Waals surface area contributed by atoms with E-state index in [2.05, 4.69) is 25.7 Å². The van der Waals surface area contributed by atoms with Gasteiger partial charge in [-0.2, -0.15) is 4.80 Å². The topological polar surface area (TPSA) is 130 Å². The Hall–Kier alpha value is -3.73. The molecule has 0 radical (unpaired) electrons. The third-order valence-electron chi connectivity index (χ3n) is 4.01. The van der Waals surface area contributed by atoms with Gasteiger partial charge in [-0.3, -0.25) is 0 Å². The molecular formula is C21H23ClN6O5. The number of benzene rings is 1. The molecule has 0 aliphatic rings. The molecule has 1 N–H and O–H groups in total. The molecular weight excluding hydrogens is 452 g/mol. The normalized spacial score (nSPS) is 12.0. The average Bonchev–Trinajstić information content (AvgIpc) is 3.22. The fourth-order valence-electron chi connectivity index (χ4n) is 2.59. The minimum absolute atomic E-state index is 0.0949. The van der Waals surface area contributed by atoms with E-state index in [4.69, 9.17) is 25.8 Å². The summed E-state index contributed by atoms with van der Waals surface area (Å²) in [5, 5.41) is 15.2. The van der Waals surface area contributed by atoms with E-state index in [0.717, 1.165) is 0 Å². The van der Waals surface area contributed by atoms with Crippen molar-refractivity contribution < 1.29 is 23.8 Å². The van der Waals surface area contributed by atoms with Crippen molar-refractivity contribution in [1.29, 1.82) is 0 Å². The Labute approximate surface area is 195 Å². The van der Waals surface area contributed by atoms with Crippen LogP contribution in [0.2, 0.25) is 5.02 Å². The van der Waals surface area contributed by atoms with Crippen LogP contribution in [-0.2, 0) is 20.8 Å². The lowest BCUT2D eigenvalue weighted by Crippen LogP contribution is -2.46. The first-order valence-corrected chi connectivity index (χ1v) is 10.3. The van der Waals surface area contributed by atoms with Gasteiger partial charge in [0.05, 0.1) is 18.7 Å². The summed E-state index contributed by atoms with van der Waals surface area (Å²) in [4.78, 5) is 29.4. The maximum atomic E-state index is 12.1. The summed E-state index contributed by atoms with van der Waals surface area (Å²) in [7, 11) is 1.22. The number of carbonyl (C=O) groups excluding carboxylic acids is 2. The van der Waals surface area contributed by atoms with Crippen LogP contribution in [0, 0.1) is 0 Å². The summed E-state index contributed by atoms with van der Waals surface area (Å²) in [5.41, 5.74) is -0.0458. The molecule has 0 aliphatic carbocycles. The Bertz CT molecular complexity index is 1100. The van der Waals surface area contributed by atoms with Crippen LogP contribution in [0.1, 0.15) is 20.8 Å². The molecule has 0 fully saturated rings. The van der Waals surface area contributed by atoms with Gasteiger partial charge in [0.1, 0.15) is 11.4 Å². The SMILES string of the molecule is COC(=O)C(Cn1nnc(-c2ccc(Oc3ccc(Cl)cn3)cc2)n1)NC(=O)OC(C)(C)C. The number of hydrogen-bond acceptors (Lipinski definition) is 9. The minimum atomic E-state index is -1.06. The molecule has 3 aromatic rings. The largest absolute Gasteiger partial charge is 0.467 e.